The van der Waals surface area contributed by atoms with Crippen LogP contribution < -0.4 is 10.5 Å². The molecular formula is C16H18ClNO. The maximum Gasteiger partial charge on any atom is 0.136 e. The molecule has 2 aromatic rings. The third kappa shape index (κ3) is 3.49. The molecule has 2 rings (SSSR count). The highest BCUT2D eigenvalue weighted by atomic mass is 35.5. The summed E-state index contributed by atoms with van der Waals surface area (Å²) in [4.78, 5) is 0. The smallest absolute Gasteiger partial charge is 0.136 e. The SMILES string of the molecule is Cc1ccc(C)c(C(CN)Oc2ccc(Cl)cc2)c1. The van der Waals surface area contributed by atoms with Crippen LogP contribution in [0.5, 0.6) is 5.75 Å². The molecule has 1 atom stereocenters. The molecule has 100 valence electrons. The molecule has 0 aliphatic rings. The van der Waals surface area contributed by atoms with Crippen molar-refractivity contribution >= 4 is 11.6 Å². The van der Waals surface area contributed by atoms with E-state index in [1.54, 1.807) is 0 Å². The minimum atomic E-state index is -0.138. The van der Waals surface area contributed by atoms with Crippen molar-refractivity contribution in [3.8, 4) is 5.75 Å². The summed E-state index contributed by atoms with van der Waals surface area (Å²) >= 11 is 5.86. The number of halogens is 1. The molecule has 0 aliphatic carbocycles. The molecule has 1 unspecified atom stereocenters. The number of nitrogens with two attached hydrogens (primary N) is 1. The van der Waals surface area contributed by atoms with E-state index < -0.39 is 0 Å². The Kier molecular flexibility index (Phi) is 4.46. The van der Waals surface area contributed by atoms with Crippen molar-refractivity contribution in [1.29, 1.82) is 0 Å². The van der Waals surface area contributed by atoms with Gasteiger partial charge < -0.3 is 10.5 Å². The monoisotopic (exact) mass is 275 g/mol. The summed E-state index contributed by atoms with van der Waals surface area (Å²) in [6, 6.07) is 13.7. The van der Waals surface area contributed by atoms with E-state index in [0.717, 1.165) is 11.3 Å². The summed E-state index contributed by atoms with van der Waals surface area (Å²) in [6.45, 7) is 4.58. The fraction of sp³-hybridized carbons (Fsp3) is 0.250. The third-order valence-corrected chi connectivity index (χ3v) is 3.34. The van der Waals surface area contributed by atoms with Gasteiger partial charge in [-0.25, -0.2) is 0 Å². The van der Waals surface area contributed by atoms with Gasteiger partial charge in [-0.2, -0.15) is 0 Å². The summed E-state index contributed by atoms with van der Waals surface area (Å²) in [5.41, 5.74) is 9.38. The lowest BCUT2D eigenvalue weighted by Crippen LogP contribution is -2.19. The van der Waals surface area contributed by atoms with Crippen LogP contribution in [0.2, 0.25) is 5.02 Å². The van der Waals surface area contributed by atoms with Gasteiger partial charge in [-0.15, -0.1) is 0 Å². The number of rotatable bonds is 4. The second-order valence-electron chi connectivity index (χ2n) is 4.66. The van der Waals surface area contributed by atoms with Crippen molar-refractivity contribution in [2.24, 2.45) is 5.73 Å². The van der Waals surface area contributed by atoms with Crippen LogP contribution in [0.1, 0.15) is 22.8 Å². The first-order valence-electron chi connectivity index (χ1n) is 6.29. The van der Waals surface area contributed by atoms with Crippen LogP contribution >= 0.6 is 11.6 Å². The lowest BCUT2D eigenvalue weighted by molar-refractivity contribution is 0.213. The van der Waals surface area contributed by atoms with Crippen molar-refractivity contribution in [3.05, 3.63) is 64.2 Å². The lowest BCUT2D eigenvalue weighted by atomic mass is 10.0. The molecule has 19 heavy (non-hydrogen) atoms. The number of aryl methyl sites for hydroxylation is 2. The van der Waals surface area contributed by atoms with Crippen LogP contribution in [0, 0.1) is 13.8 Å². The molecule has 0 spiro atoms. The molecule has 0 bridgehead atoms. The molecule has 0 aliphatic heterocycles. The number of hydrogen-bond acceptors (Lipinski definition) is 2. The Morgan fingerprint density at radius 1 is 1.11 bits per heavy atom. The fourth-order valence-electron chi connectivity index (χ4n) is 2.02. The van der Waals surface area contributed by atoms with Gasteiger partial charge in [-0.3, -0.25) is 0 Å². The van der Waals surface area contributed by atoms with Crippen molar-refractivity contribution in [3.63, 3.8) is 0 Å². The zero-order valence-electron chi connectivity index (χ0n) is 11.2. The van der Waals surface area contributed by atoms with Gasteiger partial charge in [0, 0.05) is 11.6 Å². The van der Waals surface area contributed by atoms with Crippen LogP contribution in [-0.4, -0.2) is 6.54 Å². The maximum absolute atomic E-state index is 5.96. The molecule has 0 saturated heterocycles. The lowest BCUT2D eigenvalue weighted by Gasteiger charge is -2.20. The number of ether oxygens (including phenoxy) is 1. The summed E-state index contributed by atoms with van der Waals surface area (Å²) in [5, 5.41) is 0.698. The summed E-state index contributed by atoms with van der Waals surface area (Å²) < 4.78 is 5.96. The summed E-state index contributed by atoms with van der Waals surface area (Å²) in [7, 11) is 0. The van der Waals surface area contributed by atoms with Gasteiger partial charge in [0.15, 0.2) is 0 Å². The molecule has 3 heteroatoms. The van der Waals surface area contributed by atoms with E-state index in [1.165, 1.54) is 11.1 Å². The molecule has 0 amide bonds. The van der Waals surface area contributed by atoms with Gasteiger partial charge in [0.05, 0.1) is 0 Å². The highest BCUT2D eigenvalue weighted by molar-refractivity contribution is 6.30. The molecular weight excluding hydrogens is 258 g/mol. The van der Waals surface area contributed by atoms with E-state index in [2.05, 4.69) is 32.0 Å². The topological polar surface area (TPSA) is 35.2 Å². The predicted molar refractivity (Wildman–Crippen MR) is 79.8 cm³/mol. The van der Waals surface area contributed by atoms with Crippen molar-refractivity contribution in [2.75, 3.05) is 6.54 Å². The summed E-state index contributed by atoms with van der Waals surface area (Å²) in [5.74, 6) is 0.778. The quantitative estimate of drug-likeness (QED) is 0.914. The summed E-state index contributed by atoms with van der Waals surface area (Å²) in [6.07, 6.45) is -0.138. The van der Waals surface area contributed by atoms with E-state index in [9.17, 15) is 0 Å². The Bertz CT molecular complexity index is 551. The molecule has 0 aromatic heterocycles. The maximum atomic E-state index is 5.96. The molecule has 0 radical (unpaired) electrons. The van der Waals surface area contributed by atoms with Gasteiger partial charge in [-0.05, 0) is 49.2 Å². The molecule has 2 nitrogen and oxygen atoms in total. The Morgan fingerprint density at radius 3 is 2.42 bits per heavy atom. The van der Waals surface area contributed by atoms with Crippen molar-refractivity contribution in [2.45, 2.75) is 20.0 Å². The Hall–Kier alpha value is -1.51. The molecule has 0 heterocycles. The van der Waals surface area contributed by atoms with Gasteiger partial charge in [0.25, 0.3) is 0 Å². The third-order valence-electron chi connectivity index (χ3n) is 3.09. The molecule has 2 N–H and O–H groups in total. The minimum absolute atomic E-state index is 0.138. The van der Waals surface area contributed by atoms with Crippen LogP contribution in [0.25, 0.3) is 0 Å². The van der Waals surface area contributed by atoms with E-state index >= 15 is 0 Å². The average Bonchev–Trinajstić information content (AvgIpc) is 2.41. The van der Waals surface area contributed by atoms with Crippen LogP contribution in [-0.2, 0) is 0 Å². The van der Waals surface area contributed by atoms with Crippen LogP contribution in [0.3, 0.4) is 0 Å². The molecule has 2 aromatic carbocycles. The number of benzene rings is 2. The molecule has 0 fully saturated rings. The van der Waals surface area contributed by atoms with E-state index in [4.69, 9.17) is 22.1 Å². The highest BCUT2D eigenvalue weighted by Crippen LogP contribution is 2.25. The second-order valence-corrected chi connectivity index (χ2v) is 5.09. The fourth-order valence-corrected chi connectivity index (χ4v) is 2.15. The van der Waals surface area contributed by atoms with Gasteiger partial charge in [-0.1, -0.05) is 35.4 Å². The standard InChI is InChI=1S/C16H18ClNO/c1-11-3-4-12(2)15(9-11)16(10-18)19-14-7-5-13(17)6-8-14/h3-9,16H,10,18H2,1-2H3. The van der Waals surface area contributed by atoms with Crippen molar-refractivity contribution in [1.82, 2.24) is 0 Å². The van der Waals surface area contributed by atoms with Crippen LogP contribution in [0.4, 0.5) is 0 Å². The first-order valence-corrected chi connectivity index (χ1v) is 6.67. The largest absolute Gasteiger partial charge is 0.484 e. The highest BCUT2D eigenvalue weighted by Gasteiger charge is 2.14. The number of hydrogen-bond donors (Lipinski definition) is 1. The first-order chi connectivity index (χ1) is 9.10. The zero-order valence-corrected chi connectivity index (χ0v) is 11.9. The first kappa shape index (κ1) is 13.9. The average molecular weight is 276 g/mol. The van der Waals surface area contributed by atoms with Gasteiger partial charge in [0.2, 0.25) is 0 Å². The van der Waals surface area contributed by atoms with E-state index in [-0.39, 0.29) is 6.10 Å². The van der Waals surface area contributed by atoms with Crippen LogP contribution in [0.15, 0.2) is 42.5 Å². The Labute approximate surface area is 119 Å². The zero-order chi connectivity index (χ0) is 13.8. The minimum Gasteiger partial charge on any atom is -0.484 e. The molecule has 0 saturated carbocycles. The van der Waals surface area contributed by atoms with Gasteiger partial charge >= 0.3 is 0 Å². The van der Waals surface area contributed by atoms with Crippen molar-refractivity contribution < 1.29 is 4.74 Å². The van der Waals surface area contributed by atoms with E-state index in [0.29, 0.717) is 11.6 Å². The Balaban J connectivity index is 2.24. The Morgan fingerprint density at radius 2 is 1.79 bits per heavy atom. The normalized spacial score (nSPS) is 12.2. The van der Waals surface area contributed by atoms with E-state index in [1.807, 2.05) is 24.3 Å². The predicted octanol–water partition coefficient (Wildman–Crippen LogP) is 4.04. The van der Waals surface area contributed by atoms with Gasteiger partial charge in [0.1, 0.15) is 11.9 Å². The second kappa shape index (κ2) is 6.09.